The SMILES string of the molecule is Cc1cc(C)nc(SCc2c(O)c(C)c(C)c3c2CCC(C)(CCCC(C)CCCC(C)CCCC(C)C)O3)n1. The van der Waals surface area contributed by atoms with E-state index >= 15 is 0 Å². The second-order valence-corrected chi connectivity index (χ2v) is 14.5. The minimum atomic E-state index is -0.146. The molecule has 1 N–H and O–H groups in total. The van der Waals surface area contributed by atoms with Crippen molar-refractivity contribution in [1.82, 2.24) is 9.97 Å². The summed E-state index contributed by atoms with van der Waals surface area (Å²) in [7, 11) is 0. The van der Waals surface area contributed by atoms with Crippen LogP contribution in [0.3, 0.4) is 0 Å². The fourth-order valence-corrected chi connectivity index (χ4v) is 7.20. The molecule has 224 valence electrons. The molecule has 5 heteroatoms. The first-order chi connectivity index (χ1) is 18.9. The fraction of sp³-hybridized carbons (Fsp3) is 0.714. The predicted molar refractivity (Wildman–Crippen MR) is 171 cm³/mol. The first-order valence-electron chi connectivity index (χ1n) is 15.9. The number of fused-ring (bicyclic) bond motifs is 1. The Labute approximate surface area is 249 Å². The standard InChI is InChI=1S/C35H56N2O2S/c1-23(2)13-10-14-24(3)15-11-16-25(4)17-12-19-35(9)20-18-30-31(32(38)28(7)29(8)33(30)39-35)22-40-34-36-26(5)21-27(6)37-34/h21,23-25,38H,10-20,22H2,1-9H3. The lowest BCUT2D eigenvalue weighted by atomic mass is 9.83. The van der Waals surface area contributed by atoms with Crippen LogP contribution in [-0.4, -0.2) is 20.7 Å². The average Bonchev–Trinajstić information content (AvgIpc) is 2.87. The van der Waals surface area contributed by atoms with Gasteiger partial charge in [-0.3, -0.25) is 0 Å². The van der Waals surface area contributed by atoms with E-state index in [0.717, 1.165) is 76.0 Å². The summed E-state index contributed by atoms with van der Waals surface area (Å²) in [6.45, 7) is 19.9. The molecule has 2 aromatic rings. The minimum Gasteiger partial charge on any atom is -0.507 e. The molecule has 0 aliphatic carbocycles. The van der Waals surface area contributed by atoms with Gasteiger partial charge in [-0.25, -0.2) is 9.97 Å². The van der Waals surface area contributed by atoms with Crippen LogP contribution in [0.2, 0.25) is 0 Å². The smallest absolute Gasteiger partial charge is 0.188 e. The van der Waals surface area contributed by atoms with Gasteiger partial charge in [0.2, 0.25) is 0 Å². The number of rotatable bonds is 15. The minimum absolute atomic E-state index is 0.146. The van der Waals surface area contributed by atoms with E-state index in [1.54, 1.807) is 11.8 Å². The molecular weight excluding hydrogens is 512 g/mol. The highest BCUT2D eigenvalue weighted by molar-refractivity contribution is 7.98. The molecular formula is C35H56N2O2S. The van der Waals surface area contributed by atoms with E-state index in [4.69, 9.17) is 4.74 Å². The molecule has 1 aliphatic rings. The molecule has 3 atom stereocenters. The number of nitrogens with zero attached hydrogens (tertiary/aromatic N) is 2. The van der Waals surface area contributed by atoms with Crippen LogP contribution >= 0.6 is 11.8 Å². The molecule has 40 heavy (non-hydrogen) atoms. The van der Waals surface area contributed by atoms with Crippen molar-refractivity contribution in [1.29, 1.82) is 0 Å². The van der Waals surface area contributed by atoms with Gasteiger partial charge < -0.3 is 9.84 Å². The zero-order valence-corrected chi connectivity index (χ0v) is 27.8. The van der Waals surface area contributed by atoms with Crippen LogP contribution in [0.5, 0.6) is 11.5 Å². The monoisotopic (exact) mass is 568 g/mol. The normalized spacial score (nSPS) is 18.4. The van der Waals surface area contributed by atoms with Gasteiger partial charge in [-0.1, -0.05) is 84.4 Å². The van der Waals surface area contributed by atoms with Gasteiger partial charge >= 0.3 is 0 Å². The predicted octanol–water partition coefficient (Wildman–Crippen LogP) is 10.2. The summed E-state index contributed by atoms with van der Waals surface area (Å²) in [4.78, 5) is 9.17. The van der Waals surface area contributed by atoms with Gasteiger partial charge in [0.05, 0.1) is 0 Å². The van der Waals surface area contributed by atoms with Crippen molar-refractivity contribution in [2.45, 2.75) is 149 Å². The largest absolute Gasteiger partial charge is 0.507 e. The molecule has 3 rings (SSSR count). The lowest BCUT2D eigenvalue weighted by Crippen LogP contribution is -2.37. The van der Waals surface area contributed by atoms with Crippen LogP contribution in [0, 0.1) is 45.4 Å². The number of ether oxygens (including phenoxy) is 1. The third kappa shape index (κ3) is 9.39. The van der Waals surface area contributed by atoms with Crippen molar-refractivity contribution >= 4 is 11.8 Å². The number of phenolic OH excluding ortho intramolecular Hbond substituents is 1. The van der Waals surface area contributed by atoms with Crippen LogP contribution in [-0.2, 0) is 12.2 Å². The van der Waals surface area contributed by atoms with E-state index in [-0.39, 0.29) is 5.60 Å². The topological polar surface area (TPSA) is 55.2 Å². The molecule has 1 aromatic carbocycles. The Kier molecular flexibility index (Phi) is 12.2. The van der Waals surface area contributed by atoms with Crippen molar-refractivity contribution in [3.8, 4) is 11.5 Å². The second kappa shape index (κ2) is 14.9. The zero-order valence-electron chi connectivity index (χ0n) is 27.0. The van der Waals surface area contributed by atoms with Crippen LogP contribution in [0.1, 0.15) is 132 Å². The van der Waals surface area contributed by atoms with E-state index < -0.39 is 0 Å². The molecule has 0 saturated carbocycles. The molecule has 0 bridgehead atoms. The van der Waals surface area contributed by atoms with Gasteiger partial charge in [0.25, 0.3) is 0 Å². The van der Waals surface area contributed by atoms with Gasteiger partial charge in [-0.05, 0) is 95.2 Å². The summed E-state index contributed by atoms with van der Waals surface area (Å²) in [5.74, 6) is 4.53. The number of phenols is 1. The van der Waals surface area contributed by atoms with E-state index in [0.29, 0.717) is 11.5 Å². The molecule has 1 aromatic heterocycles. The van der Waals surface area contributed by atoms with E-state index in [9.17, 15) is 5.11 Å². The van der Waals surface area contributed by atoms with Gasteiger partial charge in [0.1, 0.15) is 17.1 Å². The summed E-state index contributed by atoms with van der Waals surface area (Å²) in [6, 6.07) is 1.99. The molecule has 1 aliphatic heterocycles. The summed E-state index contributed by atoms with van der Waals surface area (Å²) in [5.41, 5.74) is 5.96. The van der Waals surface area contributed by atoms with Gasteiger partial charge in [-0.15, -0.1) is 0 Å². The van der Waals surface area contributed by atoms with Crippen molar-refractivity contribution in [3.05, 3.63) is 39.7 Å². The third-order valence-electron chi connectivity index (χ3n) is 9.02. The zero-order chi connectivity index (χ0) is 29.4. The first kappa shape index (κ1) is 32.8. The number of aryl methyl sites for hydroxylation is 2. The highest BCUT2D eigenvalue weighted by Crippen LogP contribution is 2.46. The molecule has 0 fully saturated rings. The summed E-state index contributed by atoms with van der Waals surface area (Å²) in [6.07, 6.45) is 13.7. The van der Waals surface area contributed by atoms with E-state index in [1.165, 1.54) is 56.9 Å². The Balaban J connectivity index is 1.54. The summed E-state index contributed by atoms with van der Waals surface area (Å²) < 4.78 is 6.81. The Morgan fingerprint density at radius 3 is 2.05 bits per heavy atom. The highest BCUT2D eigenvalue weighted by atomic mass is 32.2. The maximum atomic E-state index is 11.1. The second-order valence-electron chi connectivity index (χ2n) is 13.5. The van der Waals surface area contributed by atoms with Gasteiger partial charge in [-0.2, -0.15) is 0 Å². The quantitative estimate of drug-likeness (QED) is 0.171. The summed E-state index contributed by atoms with van der Waals surface area (Å²) >= 11 is 1.60. The first-order valence-corrected chi connectivity index (χ1v) is 16.8. The van der Waals surface area contributed by atoms with Crippen LogP contribution in [0.4, 0.5) is 0 Å². The van der Waals surface area contributed by atoms with Crippen LogP contribution in [0.25, 0.3) is 0 Å². The number of aromatic nitrogens is 2. The molecule has 0 saturated heterocycles. The Morgan fingerprint density at radius 2 is 1.45 bits per heavy atom. The lowest BCUT2D eigenvalue weighted by molar-refractivity contribution is 0.0511. The van der Waals surface area contributed by atoms with Gasteiger partial charge in [0.15, 0.2) is 5.16 Å². The van der Waals surface area contributed by atoms with E-state index in [2.05, 4.69) is 51.5 Å². The molecule has 2 heterocycles. The Morgan fingerprint density at radius 1 is 0.875 bits per heavy atom. The molecule has 3 unspecified atom stereocenters. The number of thioether (sulfide) groups is 1. The lowest BCUT2D eigenvalue weighted by Gasteiger charge is -2.38. The maximum absolute atomic E-state index is 11.1. The highest BCUT2D eigenvalue weighted by Gasteiger charge is 2.35. The van der Waals surface area contributed by atoms with E-state index in [1.807, 2.05) is 26.8 Å². The Hall–Kier alpha value is -1.75. The number of benzene rings is 1. The summed E-state index contributed by atoms with van der Waals surface area (Å²) in [5, 5.41) is 11.9. The van der Waals surface area contributed by atoms with Gasteiger partial charge in [0, 0.05) is 28.3 Å². The Bertz CT molecular complexity index is 1100. The number of hydrogen-bond acceptors (Lipinski definition) is 5. The molecule has 4 nitrogen and oxygen atoms in total. The fourth-order valence-electron chi connectivity index (χ4n) is 6.20. The van der Waals surface area contributed by atoms with Crippen LogP contribution in [0.15, 0.2) is 11.2 Å². The van der Waals surface area contributed by atoms with Crippen molar-refractivity contribution in [2.24, 2.45) is 17.8 Å². The maximum Gasteiger partial charge on any atom is 0.188 e. The molecule has 0 spiro atoms. The third-order valence-corrected chi connectivity index (χ3v) is 9.89. The van der Waals surface area contributed by atoms with Crippen LogP contribution < -0.4 is 4.74 Å². The van der Waals surface area contributed by atoms with Crippen molar-refractivity contribution in [2.75, 3.05) is 0 Å². The number of aromatic hydroxyl groups is 1. The van der Waals surface area contributed by atoms with Crippen molar-refractivity contribution in [3.63, 3.8) is 0 Å². The van der Waals surface area contributed by atoms with Crippen molar-refractivity contribution < 1.29 is 9.84 Å². The average molecular weight is 569 g/mol. The number of hydrogen-bond donors (Lipinski definition) is 1. The molecule has 0 amide bonds. The molecule has 0 radical (unpaired) electrons.